The van der Waals surface area contributed by atoms with Crippen LogP contribution in [0.3, 0.4) is 0 Å². The molecule has 0 saturated heterocycles. The lowest BCUT2D eigenvalue weighted by molar-refractivity contribution is 0.102. The van der Waals surface area contributed by atoms with Gasteiger partial charge in [-0.25, -0.2) is 9.37 Å². The molecule has 3 rings (SSSR count). The highest BCUT2D eigenvalue weighted by molar-refractivity contribution is 6.12. The topological polar surface area (TPSA) is 46.9 Å². The van der Waals surface area contributed by atoms with Gasteiger partial charge in [-0.3, -0.25) is 4.79 Å². The third-order valence-corrected chi connectivity index (χ3v) is 3.41. The van der Waals surface area contributed by atoms with E-state index in [0.29, 0.717) is 16.8 Å². The second kappa shape index (κ2) is 5.01. The van der Waals surface area contributed by atoms with Crippen LogP contribution in [0.2, 0.25) is 0 Å². The smallest absolute Gasteiger partial charge is 0.257 e. The molecule has 1 amide bonds. The molecular formula is C16H14FN3O. The molecule has 106 valence electrons. The third-order valence-electron chi connectivity index (χ3n) is 3.41. The van der Waals surface area contributed by atoms with Crippen LogP contribution in [0.1, 0.15) is 15.9 Å². The van der Waals surface area contributed by atoms with Gasteiger partial charge in [-0.1, -0.05) is 0 Å². The number of nitrogens with zero attached hydrogens (tertiary/aromatic N) is 2. The molecule has 3 aromatic rings. The van der Waals surface area contributed by atoms with Crippen molar-refractivity contribution >= 4 is 22.6 Å². The number of hydrogen-bond acceptors (Lipinski definition) is 2. The predicted octanol–water partition coefficient (Wildman–Crippen LogP) is 3.27. The molecular weight excluding hydrogens is 269 g/mol. The zero-order valence-corrected chi connectivity index (χ0v) is 11.7. The lowest BCUT2D eigenvalue weighted by atomic mass is 10.1. The van der Waals surface area contributed by atoms with Gasteiger partial charge in [0.1, 0.15) is 11.5 Å². The van der Waals surface area contributed by atoms with Crippen LogP contribution in [0.25, 0.3) is 11.0 Å². The van der Waals surface area contributed by atoms with Crippen molar-refractivity contribution in [1.29, 1.82) is 0 Å². The molecule has 5 heteroatoms. The number of fused-ring (bicyclic) bond motifs is 1. The Hall–Kier alpha value is -2.69. The van der Waals surface area contributed by atoms with Gasteiger partial charge >= 0.3 is 0 Å². The Morgan fingerprint density at radius 3 is 2.90 bits per heavy atom. The molecule has 0 spiro atoms. The van der Waals surface area contributed by atoms with Crippen molar-refractivity contribution in [1.82, 2.24) is 9.55 Å². The van der Waals surface area contributed by atoms with Crippen LogP contribution < -0.4 is 5.32 Å². The first-order valence-corrected chi connectivity index (χ1v) is 6.54. The van der Waals surface area contributed by atoms with Crippen molar-refractivity contribution in [2.75, 3.05) is 5.32 Å². The van der Waals surface area contributed by atoms with Gasteiger partial charge < -0.3 is 9.88 Å². The summed E-state index contributed by atoms with van der Waals surface area (Å²) >= 11 is 0. The molecule has 0 fully saturated rings. The number of halogens is 1. The van der Waals surface area contributed by atoms with E-state index in [1.165, 1.54) is 12.1 Å². The summed E-state index contributed by atoms with van der Waals surface area (Å²) in [7, 11) is 1.84. The molecule has 0 bridgehead atoms. The summed E-state index contributed by atoms with van der Waals surface area (Å²) < 4.78 is 14.9. The van der Waals surface area contributed by atoms with Gasteiger partial charge in [0.2, 0.25) is 0 Å². The van der Waals surface area contributed by atoms with E-state index in [0.717, 1.165) is 11.0 Å². The van der Waals surface area contributed by atoms with Crippen molar-refractivity contribution in [2.24, 2.45) is 7.05 Å². The standard InChI is InChI=1S/C16H14FN3O/c1-10-8-11(17)5-6-14(10)19-16(21)13-9-20(2)15-12(13)4-3-7-18-15/h3-9H,1-2H3,(H,19,21). The average molecular weight is 283 g/mol. The molecule has 0 radical (unpaired) electrons. The largest absolute Gasteiger partial charge is 0.335 e. The number of carbonyl (C=O) groups excluding carboxylic acids is 1. The zero-order valence-electron chi connectivity index (χ0n) is 11.7. The molecule has 2 aromatic heterocycles. The highest BCUT2D eigenvalue weighted by atomic mass is 19.1. The minimum Gasteiger partial charge on any atom is -0.335 e. The number of amides is 1. The number of nitrogens with one attached hydrogen (secondary N) is 1. The van der Waals surface area contributed by atoms with Gasteiger partial charge in [0.25, 0.3) is 5.91 Å². The maximum atomic E-state index is 13.1. The fraction of sp³-hybridized carbons (Fsp3) is 0.125. The Morgan fingerprint density at radius 1 is 1.33 bits per heavy atom. The van der Waals surface area contributed by atoms with E-state index in [1.807, 2.05) is 17.7 Å². The summed E-state index contributed by atoms with van der Waals surface area (Å²) in [4.78, 5) is 16.7. The predicted molar refractivity (Wildman–Crippen MR) is 79.8 cm³/mol. The Kier molecular flexibility index (Phi) is 3.17. The Bertz CT molecular complexity index is 839. The Labute approximate surface area is 121 Å². The van der Waals surface area contributed by atoms with E-state index in [2.05, 4.69) is 10.3 Å². The van der Waals surface area contributed by atoms with Gasteiger partial charge in [-0.15, -0.1) is 0 Å². The lowest BCUT2D eigenvalue weighted by Crippen LogP contribution is -2.12. The number of benzene rings is 1. The average Bonchev–Trinajstić information content (AvgIpc) is 2.80. The van der Waals surface area contributed by atoms with Crippen molar-refractivity contribution in [2.45, 2.75) is 6.92 Å². The second-order valence-corrected chi connectivity index (χ2v) is 4.94. The summed E-state index contributed by atoms with van der Waals surface area (Å²) in [5.41, 5.74) is 2.58. The van der Waals surface area contributed by atoms with E-state index >= 15 is 0 Å². The lowest BCUT2D eigenvalue weighted by Gasteiger charge is -2.07. The second-order valence-electron chi connectivity index (χ2n) is 4.94. The van der Waals surface area contributed by atoms with Crippen molar-refractivity contribution in [3.63, 3.8) is 0 Å². The van der Waals surface area contributed by atoms with Crippen LogP contribution in [-0.2, 0) is 7.05 Å². The van der Waals surface area contributed by atoms with Gasteiger partial charge in [0, 0.05) is 30.5 Å². The number of aromatic nitrogens is 2. The highest BCUT2D eigenvalue weighted by Gasteiger charge is 2.15. The molecule has 1 N–H and O–H groups in total. The minimum atomic E-state index is -0.320. The molecule has 1 aromatic carbocycles. The molecule has 21 heavy (non-hydrogen) atoms. The fourth-order valence-corrected chi connectivity index (χ4v) is 2.35. The van der Waals surface area contributed by atoms with Crippen molar-refractivity contribution < 1.29 is 9.18 Å². The van der Waals surface area contributed by atoms with E-state index in [4.69, 9.17) is 0 Å². The van der Waals surface area contributed by atoms with Crippen molar-refractivity contribution in [3.8, 4) is 0 Å². The van der Waals surface area contributed by atoms with Crippen LogP contribution >= 0.6 is 0 Å². The number of rotatable bonds is 2. The van der Waals surface area contributed by atoms with Crippen LogP contribution in [0.5, 0.6) is 0 Å². The zero-order chi connectivity index (χ0) is 15.0. The summed E-state index contributed by atoms with van der Waals surface area (Å²) in [6, 6.07) is 7.93. The summed E-state index contributed by atoms with van der Waals surface area (Å²) in [6.07, 6.45) is 3.43. The van der Waals surface area contributed by atoms with E-state index in [1.54, 1.807) is 31.5 Å². The number of pyridine rings is 1. The SMILES string of the molecule is Cc1cc(F)ccc1NC(=O)c1cn(C)c2ncccc12. The molecule has 2 heterocycles. The monoisotopic (exact) mass is 283 g/mol. The molecule has 0 aliphatic rings. The quantitative estimate of drug-likeness (QED) is 0.784. The van der Waals surface area contributed by atoms with Gasteiger partial charge in [0.15, 0.2) is 0 Å². The van der Waals surface area contributed by atoms with Crippen LogP contribution in [0.15, 0.2) is 42.7 Å². The van der Waals surface area contributed by atoms with Crippen LogP contribution in [0.4, 0.5) is 10.1 Å². The Balaban J connectivity index is 1.98. The minimum absolute atomic E-state index is 0.233. The molecule has 0 unspecified atom stereocenters. The maximum Gasteiger partial charge on any atom is 0.257 e. The van der Waals surface area contributed by atoms with Gasteiger partial charge in [-0.05, 0) is 42.8 Å². The number of carbonyl (C=O) groups is 1. The third kappa shape index (κ3) is 2.38. The van der Waals surface area contributed by atoms with Crippen LogP contribution in [-0.4, -0.2) is 15.5 Å². The summed E-state index contributed by atoms with van der Waals surface area (Å²) in [6.45, 7) is 1.75. The molecule has 0 aliphatic heterocycles. The number of aryl methyl sites for hydroxylation is 2. The molecule has 4 nitrogen and oxygen atoms in total. The van der Waals surface area contributed by atoms with Crippen molar-refractivity contribution in [3.05, 3.63) is 59.7 Å². The molecule has 0 saturated carbocycles. The number of hydrogen-bond donors (Lipinski definition) is 1. The van der Waals surface area contributed by atoms with Gasteiger partial charge in [0.05, 0.1) is 5.56 Å². The summed E-state index contributed by atoms with van der Waals surface area (Å²) in [5, 5.41) is 3.60. The first kappa shape index (κ1) is 13.3. The van der Waals surface area contributed by atoms with Crippen LogP contribution in [0, 0.1) is 12.7 Å². The van der Waals surface area contributed by atoms with E-state index < -0.39 is 0 Å². The van der Waals surface area contributed by atoms with Gasteiger partial charge in [-0.2, -0.15) is 0 Å². The fourth-order valence-electron chi connectivity index (χ4n) is 2.35. The maximum absolute atomic E-state index is 13.1. The first-order valence-electron chi connectivity index (χ1n) is 6.54. The molecule has 0 atom stereocenters. The highest BCUT2D eigenvalue weighted by Crippen LogP contribution is 2.21. The molecule has 0 aliphatic carbocycles. The van der Waals surface area contributed by atoms with E-state index in [-0.39, 0.29) is 11.7 Å². The first-order chi connectivity index (χ1) is 10.1. The summed E-state index contributed by atoms with van der Waals surface area (Å²) in [5.74, 6) is -0.553. The van der Waals surface area contributed by atoms with E-state index in [9.17, 15) is 9.18 Å². The Morgan fingerprint density at radius 2 is 2.14 bits per heavy atom. The normalized spacial score (nSPS) is 10.8. The number of anilines is 1.